The number of rotatable bonds is 0. The molecular weight excluding hydrogens is 351 g/mol. The largest absolute Gasteiger partial charge is 0.508 e. The summed E-state index contributed by atoms with van der Waals surface area (Å²) in [5, 5.41) is 25.9. The number of benzene rings is 3. The van der Waals surface area contributed by atoms with Gasteiger partial charge in [0.1, 0.15) is 17.2 Å². The summed E-state index contributed by atoms with van der Waals surface area (Å²) in [5.74, 6) is 0.965. The molecule has 0 heterocycles. The summed E-state index contributed by atoms with van der Waals surface area (Å²) in [4.78, 5) is 0. The molecule has 3 aromatic carbocycles. The number of hydrogen-bond acceptors (Lipinski definition) is 3. The average molecular weight is 370 g/mol. The summed E-state index contributed by atoms with van der Waals surface area (Å²) < 4.78 is 0. The van der Waals surface area contributed by atoms with E-state index in [2.05, 4.69) is 0 Å². The number of halogens is 1. The second-order valence-corrected chi connectivity index (χ2v) is 4.01. The number of phenolic OH excluding ortho intramolecular Hbond substituents is 3. The Morgan fingerprint density at radius 2 is 0.565 bits per heavy atom. The second kappa shape index (κ2) is 14.9. The van der Waals surface area contributed by atoms with E-state index in [4.69, 9.17) is 15.3 Å². The molecule has 0 unspecified atom stereocenters. The summed E-state index contributed by atoms with van der Waals surface area (Å²) in [6.07, 6.45) is 0. The number of hydrogen-bond donors (Lipinski definition) is 3. The van der Waals surface area contributed by atoms with Gasteiger partial charge in [0.05, 0.1) is 0 Å². The third kappa shape index (κ3) is 13.3. The number of aromatic hydroxyl groups is 3. The SMILES string of the molecule is Cl.Oc1ccccc1.Oc1ccccc1.Oc1ccccc1.[V]. The first-order valence-electron chi connectivity index (χ1n) is 6.40. The normalized spacial score (nSPS) is 7.83. The fourth-order valence-corrected chi connectivity index (χ4v) is 1.28. The fraction of sp³-hybridized carbons (Fsp3) is 0. The van der Waals surface area contributed by atoms with Crippen LogP contribution < -0.4 is 0 Å². The van der Waals surface area contributed by atoms with Gasteiger partial charge >= 0.3 is 0 Å². The molecule has 0 aromatic heterocycles. The van der Waals surface area contributed by atoms with Crippen LogP contribution in [0.15, 0.2) is 91.0 Å². The Labute approximate surface area is 154 Å². The minimum atomic E-state index is 0. The zero-order valence-corrected chi connectivity index (χ0v) is 14.6. The monoisotopic (exact) mass is 369 g/mol. The Hall–Kier alpha value is -2.07. The molecule has 121 valence electrons. The quantitative estimate of drug-likeness (QED) is 0.543. The second-order valence-electron chi connectivity index (χ2n) is 4.01. The van der Waals surface area contributed by atoms with E-state index >= 15 is 0 Å². The topological polar surface area (TPSA) is 60.7 Å². The van der Waals surface area contributed by atoms with E-state index in [-0.39, 0.29) is 31.0 Å². The Balaban J connectivity index is 0. The molecule has 0 atom stereocenters. The first kappa shape index (κ1) is 23.2. The van der Waals surface area contributed by atoms with Crippen molar-refractivity contribution in [2.45, 2.75) is 0 Å². The van der Waals surface area contributed by atoms with Crippen molar-refractivity contribution in [3.05, 3.63) is 91.0 Å². The van der Waals surface area contributed by atoms with Crippen LogP contribution in [-0.2, 0) is 18.6 Å². The summed E-state index contributed by atoms with van der Waals surface area (Å²) in [6.45, 7) is 0. The van der Waals surface area contributed by atoms with E-state index in [1.807, 2.05) is 18.2 Å². The van der Waals surface area contributed by atoms with Crippen molar-refractivity contribution in [3.63, 3.8) is 0 Å². The zero-order valence-electron chi connectivity index (χ0n) is 12.4. The van der Waals surface area contributed by atoms with Crippen LogP contribution in [0.3, 0.4) is 0 Å². The Kier molecular flexibility index (Phi) is 15.0. The molecule has 0 spiro atoms. The van der Waals surface area contributed by atoms with Crippen LogP contribution in [-0.4, -0.2) is 15.3 Å². The van der Waals surface area contributed by atoms with E-state index in [1.165, 1.54) is 0 Å². The molecule has 23 heavy (non-hydrogen) atoms. The van der Waals surface area contributed by atoms with Gasteiger partial charge in [0.15, 0.2) is 0 Å². The van der Waals surface area contributed by atoms with Gasteiger partial charge in [-0.3, -0.25) is 0 Å². The predicted octanol–water partition coefficient (Wildman–Crippen LogP) is 4.60. The zero-order chi connectivity index (χ0) is 15.3. The van der Waals surface area contributed by atoms with Crippen LogP contribution in [0.2, 0.25) is 0 Å². The molecule has 1 radical (unpaired) electrons. The van der Waals surface area contributed by atoms with Gasteiger partial charge in [0.25, 0.3) is 0 Å². The Morgan fingerprint density at radius 1 is 0.391 bits per heavy atom. The minimum Gasteiger partial charge on any atom is -0.508 e. The molecule has 3 nitrogen and oxygen atoms in total. The smallest absolute Gasteiger partial charge is 0.115 e. The molecule has 0 amide bonds. The van der Waals surface area contributed by atoms with Gasteiger partial charge in [-0.15, -0.1) is 12.4 Å². The van der Waals surface area contributed by atoms with Crippen molar-refractivity contribution in [2.24, 2.45) is 0 Å². The van der Waals surface area contributed by atoms with Gasteiger partial charge in [-0.05, 0) is 36.4 Å². The van der Waals surface area contributed by atoms with E-state index in [1.54, 1.807) is 72.8 Å². The van der Waals surface area contributed by atoms with Gasteiger partial charge in [-0.1, -0.05) is 54.6 Å². The molecule has 0 bridgehead atoms. The first-order chi connectivity index (χ1) is 10.2. The van der Waals surface area contributed by atoms with E-state index in [0.717, 1.165) is 0 Å². The van der Waals surface area contributed by atoms with E-state index in [0.29, 0.717) is 17.2 Å². The number of phenols is 3. The molecule has 0 aliphatic carbocycles. The van der Waals surface area contributed by atoms with Crippen LogP contribution >= 0.6 is 12.4 Å². The third-order valence-corrected chi connectivity index (χ3v) is 2.27. The molecular formula is C18H19ClO3V. The molecule has 0 fully saturated rings. The van der Waals surface area contributed by atoms with Gasteiger partial charge in [0.2, 0.25) is 0 Å². The maximum atomic E-state index is 8.63. The van der Waals surface area contributed by atoms with E-state index < -0.39 is 0 Å². The number of para-hydroxylation sites is 3. The van der Waals surface area contributed by atoms with Crippen LogP contribution in [0.4, 0.5) is 0 Å². The molecule has 3 N–H and O–H groups in total. The molecule has 0 aliphatic rings. The van der Waals surface area contributed by atoms with Crippen molar-refractivity contribution < 1.29 is 33.9 Å². The van der Waals surface area contributed by atoms with Crippen molar-refractivity contribution in [2.75, 3.05) is 0 Å². The molecule has 0 aliphatic heterocycles. The van der Waals surface area contributed by atoms with Crippen LogP contribution in [0, 0.1) is 0 Å². The van der Waals surface area contributed by atoms with Gasteiger partial charge in [-0.25, -0.2) is 0 Å². The third-order valence-electron chi connectivity index (χ3n) is 2.27. The molecule has 0 saturated carbocycles. The van der Waals surface area contributed by atoms with E-state index in [9.17, 15) is 0 Å². The maximum Gasteiger partial charge on any atom is 0.115 e. The summed E-state index contributed by atoms with van der Waals surface area (Å²) >= 11 is 0. The Bertz CT molecular complexity index is 503. The van der Waals surface area contributed by atoms with Gasteiger partial charge in [-0.2, -0.15) is 0 Å². The average Bonchev–Trinajstić information content (AvgIpc) is 2.51. The maximum absolute atomic E-state index is 8.63. The van der Waals surface area contributed by atoms with Crippen molar-refractivity contribution >= 4 is 12.4 Å². The van der Waals surface area contributed by atoms with Crippen molar-refractivity contribution in [1.29, 1.82) is 0 Å². The summed E-state index contributed by atoms with van der Waals surface area (Å²) in [5.41, 5.74) is 0. The molecule has 5 heteroatoms. The summed E-state index contributed by atoms with van der Waals surface area (Å²) in [7, 11) is 0. The molecule has 0 saturated heterocycles. The van der Waals surface area contributed by atoms with Crippen LogP contribution in [0.1, 0.15) is 0 Å². The molecule has 3 aromatic rings. The van der Waals surface area contributed by atoms with Crippen LogP contribution in [0.25, 0.3) is 0 Å². The fourth-order valence-electron chi connectivity index (χ4n) is 1.28. The minimum absolute atomic E-state index is 0. The summed E-state index contributed by atoms with van der Waals surface area (Å²) in [6, 6.07) is 26.1. The van der Waals surface area contributed by atoms with Crippen molar-refractivity contribution in [3.8, 4) is 17.2 Å². The van der Waals surface area contributed by atoms with Gasteiger partial charge in [0, 0.05) is 18.6 Å². The Morgan fingerprint density at radius 3 is 0.652 bits per heavy atom. The van der Waals surface area contributed by atoms with Crippen molar-refractivity contribution in [1.82, 2.24) is 0 Å². The van der Waals surface area contributed by atoms with Gasteiger partial charge < -0.3 is 15.3 Å². The standard InChI is InChI=1S/3C6H6O.ClH.V/c3*7-6-4-2-1-3-5-6;;/h3*1-5,7H;1H;. The molecule has 3 rings (SSSR count). The predicted molar refractivity (Wildman–Crippen MR) is 91.6 cm³/mol. The van der Waals surface area contributed by atoms with Crippen LogP contribution in [0.5, 0.6) is 17.2 Å². The first-order valence-corrected chi connectivity index (χ1v) is 6.40.